The van der Waals surface area contributed by atoms with Gasteiger partial charge in [-0.1, -0.05) is 70.8 Å². The maximum absolute atomic E-state index is 16.1. The minimum absolute atomic E-state index is 0.0109. The molecular weight excluding hydrogens is 1300 g/mol. The number of rotatable bonds is 20. The van der Waals surface area contributed by atoms with Gasteiger partial charge >= 0.3 is 12.4 Å². The zero-order valence-corrected chi connectivity index (χ0v) is 53.4. The zero-order chi connectivity index (χ0) is 69.8. The number of ether oxygens (including phenoxy) is 6. The number of hydrogen-bond acceptors (Lipinski definition) is 14. The highest BCUT2D eigenvalue weighted by Crippen LogP contribution is 2.58. The Morgan fingerprint density at radius 2 is 0.630 bits per heavy atom. The molecule has 11 aromatic carbocycles. The van der Waals surface area contributed by atoms with Crippen LogP contribution in [0.5, 0.6) is 46.0 Å². The maximum Gasteiger partial charge on any atom is 0.418 e. The third kappa shape index (κ3) is 12.0. The molecule has 24 heteroatoms. The molecule has 11 aromatic rings. The van der Waals surface area contributed by atoms with Gasteiger partial charge in [0.2, 0.25) is 12.1 Å². The number of halogens is 6. The van der Waals surface area contributed by atoms with Gasteiger partial charge in [-0.25, -0.2) is 0 Å². The smallest absolute Gasteiger partial charge is 0.418 e. The standard InChI is InChI=1S/C76H56F6N6O12/c1-37-5-21-45(22-6-37)97-55-29-51-59-52(72(92)87(71(51)91)67(75(77,78)79)69(89)85-43-17-13-41(14-18-43)83-33-49-35-95-49)31-57(99-47-25-9-39(3)10-26-47)63-64-58(100-48-27-11-40(4)12-28-48)32-54-60-53(30-56(62(66(60)64)61(55)65(59)63)98-46-23-7-38(2)8-24-46)73(93)88(74(54)94)68(76(80,81)82)70(90)86-44-19-15-42(16-20-44)84-34-50-36-96-50/h5-32,49-50,67-68,83-84H,33-36H2,1-4H3,(H,85,89)(H,86,90). The highest BCUT2D eigenvalue weighted by Gasteiger charge is 2.57. The number of fused-ring (bicyclic) bond motifs is 2. The number of nitrogens with zero attached hydrogens (tertiary/aromatic N) is 2. The normalized spacial score (nSPS) is 16.3. The number of amides is 6. The molecule has 4 heterocycles. The lowest BCUT2D eigenvalue weighted by Crippen LogP contribution is -2.58. The molecule has 4 aliphatic rings. The van der Waals surface area contributed by atoms with E-state index in [9.17, 15) is 9.59 Å². The maximum atomic E-state index is 16.1. The molecule has 4 unspecified atom stereocenters. The number of benzene rings is 11. The van der Waals surface area contributed by atoms with Crippen LogP contribution in [0, 0.1) is 27.7 Å². The van der Waals surface area contributed by atoms with Gasteiger partial charge in [0.05, 0.1) is 47.7 Å². The Kier molecular flexibility index (Phi) is 15.8. The van der Waals surface area contributed by atoms with Gasteiger partial charge in [0.25, 0.3) is 35.4 Å². The molecule has 2 saturated heterocycles. The number of anilines is 4. The number of imide groups is 2. The van der Waals surface area contributed by atoms with E-state index < -0.39 is 82.1 Å². The summed E-state index contributed by atoms with van der Waals surface area (Å²) in [5, 5.41) is 9.56. The summed E-state index contributed by atoms with van der Waals surface area (Å²) < 4.78 is 135. The molecule has 15 rings (SSSR count). The third-order valence-corrected chi connectivity index (χ3v) is 17.8. The fraction of sp³-hybridized carbons (Fsp3) is 0.184. The van der Waals surface area contributed by atoms with E-state index in [0.717, 1.165) is 46.5 Å². The first-order valence-corrected chi connectivity index (χ1v) is 31.7. The van der Waals surface area contributed by atoms with Crippen molar-refractivity contribution in [2.45, 2.75) is 64.3 Å². The fourth-order valence-corrected chi connectivity index (χ4v) is 12.7. The van der Waals surface area contributed by atoms with Gasteiger partial charge in [-0.3, -0.25) is 38.6 Å². The van der Waals surface area contributed by atoms with Gasteiger partial charge < -0.3 is 49.7 Å². The number of carbonyl (C=O) groups is 6. The van der Waals surface area contributed by atoms with Crippen molar-refractivity contribution in [1.82, 2.24) is 9.80 Å². The molecule has 0 radical (unpaired) electrons. The van der Waals surface area contributed by atoms with Crippen molar-refractivity contribution in [2.24, 2.45) is 0 Å². The predicted octanol–water partition coefficient (Wildman–Crippen LogP) is 16.1. The van der Waals surface area contributed by atoms with Crippen LogP contribution in [0.2, 0.25) is 0 Å². The number of epoxide rings is 2. The van der Waals surface area contributed by atoms with Gasteiger partial charge in [0.15, 0.2) is 0 Å². The largest absolute Gasteiger partial charge is 0.457 e. The van der Waals surface area contributed by atoms with E-state index in [2.05, 4.69) is 21.3 Å². The highest BCUT2D eigenvalue weighted by atomic mass is 19.4. The second-order valence-corrected chi connectivity index (χ2v) is 25.0. The molecule has 0 aromatic heterocycles. The lowest BCUT2D eigenvalue weighted by Gasteiger charge is -2.36. The SMILES string of the molecule is Cc1ccc(Oc2cc3c4c(cc(Oc5ccc(C)cc5)c5c6c(Oc7ccc(C)cc7)cc7c8c(cc(Oc9ccc(C)cc9)c(c2c45)c86)C(=O)N(C(C(=O)Nc2ccc(NCC4CO4)cc2)C(F)(F)F)C7=O)C(=O)N(C(C(=O)Nc2ccc(NCC4CO4)cc2)C(F)(F)F)C3=O)cc1. The van der Waals surface area contributed by atoms with E-state index in [0.29, 0.717) is 37.7 Å². The first-order valence-electron chi connectivity index (χ1n) is 31.7. The van der Waals surface area contributed by atoms with Crippen molar-refractivity contribution >= 4 is 101 Å². The van der Waals surface area contributed by atoms with E-state index >= 15 is 45.5 Å². The van der Waals surface area contributed by atoms with Crippen LogP contribution >= 0.6 is 0 Å². The third-order valence-electron chi connectivity index (χ3n) is 17.8. The molecule has 100 heavy (non-hydrogen) atoms. The summed E-state index contributed by atoms with van der Waals surface area (Å²) in [6.45, 7) is 9.21. The predicted molar refractivity (Wildman–Crippen MR) is 360 cm³/mol. The van der Waals surface area contributed by atoms with Gasteiger partial charge in [0.1, 0.15) is 46.0 Å². The minimum atomic E-state index is -5.63. The highest BCUT2D eigenvalue weighted by molar-refractivity contribution is 6.45. The summed E-state index contributed by atoms with van der Waals surface area (Å²) in [5.41, 5.74) is 1.65. The molecule has 6 amide bonds. The van der Waals surface area contributed by atoms with E-state index in [1.165, 1.54) is 48.5 Å². The Morgan fingerprint density at radius 3 is 0.860 bits per heavy atom. The van der Waals surface area contributed by atoms with Crippen molar-refractivity contribution in [3.63, 3.8) is 0 Å². The Labute approximate surface area is 564 Å². The second kappa shape index (κ2) is 24.7. The molecule has 0 saturated carbocycles. The summed E-state index contributed by atoms with van der Waals surface area (Å²) in [7, 11) is 0. The average Bonchev–Trinajstić information content (AvgIpc) is 0.944. The van der Waals surface area contributed by atoms with E-state index in [4.69, 9.17) is 28.4 Å². The molecule has 0 spiro atoms. The minimum Gasteiger partial charge on any atom is -0.457 e. The number of carbonyl (C=O) groups excluding carboxylic acids is 6. The Balaban J connectivity index is 1.01. The number of aryl methyl sites for hydroxylation is 4. The summed E-state index contributed by atoms with van der Waals surface area (Å²) >= 11 is 0. The monoisotopic (exact) mass is 1360 g/mol. The Bertz CT molecular complexity index is 4640. The van der Waals surface area contributed by atoms with Crippen LogP contribution < -0.4 is 40.2 Å². The lowest BCUT2D eigenvalue weighted by molar-refractivity contribution is -0.178. The van der Waals surface area contributed by atoms with Gasteiger partial charge in [-0.15, -0.1) is 0 Å². The van der Waals surface area contributed by atoms with E-state index in [1.54, 1.807) is 125 Å². The molecule has 0 aliphatic carbocycles. The zero-order valence-electron chi connectivity index (χ0n) is 53.4. The van der Waals surface area contributed by atoms with Crippen molar-refractivity contribution in [1.29, 1.82) is 0 Å². The molecular formula is C76H56F6N6O12. The van der Waals surface area contributed by atoms with Crippen LogP contribution in [-0.2, 0) is 19.1 Å². The van der Waals surface area contributed by atoms with Crippen LogP contribution in [0.4, 0.5) is 49.1 Å². The van der Waals surface area contributed by atoms with Crippen molar-refractivity contribution in [3.05, 3.63) is 214 Å². The van der Waals surface area contributed by atoms with E-state index in [-0.39, 0.29) is 122 Å². The summed E-state index contributed by atoms with van der Waals surface area (Å²) in [6, 6.07) is 34.9. The molecule has 504 valence electrons. The Hall–Kier alpha value is -11.8. The van der Waals surface area contributed by atoms with Gasteiger partial charge in [-0.2, -0.15) is 26.3 Å². The first-order chi connectivity index (χ1) is 47.9. The molecule has 0 bridgehead atoms. The first kappa shape index (κ1) is 64.2. The molecule has 4 atom stereocenters. The average molecular weight is 1360 g/mol. The number of hydrogen-bond donors (Lipinski definition) is 4. The van der Waals surface area contributed by atoms with Crippen LogP contribution in [0.1, 0.15) is 63.7 Å². The van der Waals surface area contributed by atoms with Gasteiger partial charge in [-0.05, 0) is 149 Å². The molecule has 2 fully saturated rings. The van der Waals surface area contributed by atoms with Crippen LogP contribution in [-0.4, -0.2) is 108 Å². The number of alkyl halides is 6. The summed E-state index contributed by atoms with van der Waals surface area (Å²) in [6.07, 6.45) is -11.3. The van der Waals surface area contributed by atoms with Crippen LogP contribution in [0.15, 0.2) is 170 Å². The van der Waals surface area contributed by atoms with E-state index in [1.807, 2.05) is 0 Å². The fourth-order valence-electron chi connectivity index (χ4n) is 12.7. The summed E-state index contributed by atoms with van der Waals surface area (Å²) in [4.78, 5) is 91.7. The molecule has 18 nitrogen and oxygen atoms in total. The van der Waals surface area contributed by atoms with Crippen molar-refractivity contribution < 1.29 is 83.5 Å². The Morgan fingerprint density at radius 1 is 0.390 bits per heavy atom. The molecule has 4 N–H and O–H groups in total. The van der Waals surface area contributed by atoms with Crippen molar-refractivity contribution in [2.75, 3.05) is 47.6 Å². The lowest BCUT2D eigenvalue weighted by atomic mass is 9.80. The van der Waals surface area contributed by atoms with Crippen molar-refractivity contribution in [3.8, 4) is 46.0 Å². The second-order valence-electron chi connectivity index (χ2n) is 25.0. The quantitative estimate of drug-likeness (QED) is 0.0183. The van der Waals surface area contributed by atoms with Gasteiger partial charge in [0, 0.05) is 78.9 Å². The molecule has 4 aliphatic heterocycles. The topological polar surface area (TPSA) is 219 Å². The van der Waals surface area contributed by atoms with Crippen LogP contribution in [0.3, 0.4) is 0 Å². The number of nitrogens with one attached hydrogen (secondary N) is 4. The van der Waals surface area contributed by atoms with Crippen LogP contribution in [0.25, 0.3) is 43.1 Å². The summed E-state index contributed by atoms with van der Waals surface area (Å²) in [5.74, 6) is -10.9.